The van der Waals surface area contributed by atoms with Crippen LogP contribution in [0, 0.1) is 0 Å². The van der Waals surface area contributed by atoms with Crippen molar-refractivity contribution in [1.82, 2.24) is 9.78 Å². The van der Waals surface area contributed by atoms with Crippen LogP contribution in [-0.4, -0.2) is 22.4 Å². The van der Waals surface area contributed by atoms with Crippen molar-refractivity contribution in [1.29, 1.82) is 0 Å². The summed E-state index contributed by atoms with van der Waals surface area (Å²) in [6.07, 6.45) is 2.67. The molecule has 1 aromatic carbocycles. The fourth-order valence-corrected chi connectivity index (χ4v) is 1.94. The van der Waals surface area contributed by atoms with E-state index in [2.05, 4.69) is 36.3 Å². The van der Waals surface area contributed by atoms with Gasteiger partial charge in [0.15, 0.2) is 5.69 Å². The van der Waals surface area contributed by atoms with E-state index in [-0.39, 0.29) is 5.69 Å². The molecule has 0 aliphatic rings. The molecule has 0 bridgehead atoms. The van der Waals surface area contributed by atoms with Crippen LogP contribution in [0.5, 0.6) is 0 Å². The third kappa shape index (κ3) is 3.17. The number of hydrogen-bond donors (Lipinski definition) is 1. The predicted molar refractivity (Wildman–Crippen MR) is 77.5 cm³/mol. The van der Waals surface area contributed by atoms with Gasteiger partial charge in [0.2, 0.25) is 0 Å². The van der Waals surface area contributed by atoms with Crippen LogP contribution in [0.3, 0.4) is 0 Å². The summed E-state index contributed by atoms with van der Waals surface area (Å²) in [5.74, 6) is -0.481. The summed E-state index contributed by atoms with van der Waals surface area (Å²) >= 11 is 0. The van der Waals surface area contributed by atoms with Crippen molar-refractivity contribution in [2.45, 2.75) is 26.8 Å². The van der Waals surface area contributed by atoms with Crippen molar-refractivity contribution in [3.8, 4) is 0 Å². The quantitative estimate of drug-likeness (QED) is 0.848. The molecule has 0 radical (unpaired) electrons. The molecule has 0 amide bonds. The Morgan fingerprint density at radius 1 is 1.25 bits per heavy atom. The molecule has 20 heavy (non-hydrogen) atoms. The number of aromatic nitrogens is 2. The minimum absolute atomic E-state index is 0.178. The summed E-state index contributed by atoms with van der Waals surface area (Å²) in [6.45, 7) is 4.76. The topological polar surface area (TPSA) is 70.1 Å². The second-order valence-corrected chi connectivity index (χ2v) is 4.52. The molecule has 2 aromatic rings. The monoisotopic (exact) mass is 273 g/mol. The number of nitrogens with two attached hydrogens (primary N) is 1. The smallest absolute Gasteiger partial charge is 0.361 e. The van der Waals surface area contributed by atoms with Crippen molar-refractivity contribution in [2.75, 3.05) is 12.3 Å². The number of anilines is 1. The van der Waals surface area contributed by atoms with Gasteiger partial charge >= 0.3 is 5.97 Å². The number of rotatable bonds is 5. The highest BCUT2D eigenvalue weighted by atomic mass is 16.5. The van der Waals surface area contributed by atoms with Crippen LogP contribution in [0.25, 0.3) is 0 Å². The van der Waals surface area contributed by atoms with Gasteiger partial charge < -0.3 is 10.5 Å². The average Bonchev–Trinajstić information content (AvgIpc) is 2.81. The summed E-state index contributed by atoms with van der Waals surface area (Å²) in [4.78, 5) is 11.6. The summed E-state index contributed by atoms with van der Waals surface area (Å²) in [5.41, 5.74) is 8.71. The second kappa shape index (κ2) is 6.23. The predicted octanol–water partition coefficient (Wildman–Crippen LogP) is 2.25. The fourth-order valence-electron chi connectivity index (χ4n) is 1.94. The molecule has 0 aliphatic carbocycles. The maximum atomic E-state index is 11.6. The summed E-state index contributed by atoms with van der Waals surface area (Å²) in [7, 11) is 0. The molecule has 1 heterocycles. The molecular weight excluding hydrogens is 254 g/mol. The van der Waals surface area contributed by atoms with E-state index >= 15 is 0 Å². The molecular formula is C15H19N3O2. The average molecular weight is 273 g/mol. The summed E-state index contributed by atoms with van der Waals surface area (Å²) in [5, 5.41) is 4.18. The minimum Gasteiger partial charge on any atom is -0.461 e. The Morgan fingerprint density at radius 3 is 2.50 bits per heavy atom. The lowest BCUT2D eigenvalue weighted by Crippen LogP contribution is -2.09. The van der Waals surface area contributed by atoms with E-state index in [1.54, 1.807) is 17.8 Å². The van der Waals surface area contributed by atoms with Gasteiger partial charge in [-0.15, -0.1) is 0 Å². The number of carbonyl (C=O) groups excluding carboxylic acids is 1. The Labute approximate surface area is 118 Å². The maximum Gasteiger partial charge on any atom is 0.361 e. The number of hydrogen-bond acceptors (Lipinski definition) is 4. The SMILES string of the molecule is CCOC(=O)c1nn(Cc2ccc(CC)cc2)cc1N. The lowest BCUT2D eigenvalue weighted by Gasteiger charge is -2.03. The van der Waals surface area contributed by atoms with Gasteiger partial charge in [-0.1, -0.05) is 31.2 Å². The molecule has 1 aromatic heterocycles. The number of nitrogen functional groups attached to an aromatic ring is 1. The molecule has 5 heteroatoms. The highest BCUT2D eigenvalue weighted by molar-refractivity contribution is 5.92. The number of esters is 1. The third-order valence-corrected chi connectivity index (χ3v) is 3.03. The molecule has 2 rings (SSSR count). The number of carbonyl (C=O) groups is 1. The van der Waals surface area contributed by atoms with Crippen LogP contribution in [-0.2, 0) is 17.7 Å². The molecule has 5 nitrogen and oxygen atoms in total. The zero-order chi connectivity index (χ0) is 14.5. The first-order chi connectivity index (χ1) is 9.63. The lowest BCUT2D eigenvalue weighted by atomic mass is 10.1. The lowest BCUT2D eigenvalue weighted by molar-refractivity contribution is 0.0519. The minimum atomic E-state index is -0.481. The maximum absolute atomic E-state index is 11.6. The van der Waals surface area contributed by atoms with Crippen molar-refractivity contribution in [3.05, 3.63) is 47.3 Å². The fraction of sp³-hybridized carbons (Fsp3) is 0.333. The summed E-state index contributed by atoms with van der Waals surface area (Å²) in [6, 6.07) is 8.30. The first-order valence-corrected chi connectivity index (χ1v) is 6.71. The Balaban J connectivity index is 2.13. The largest absolute Gasteiger partial charge is 0.461 e. The van der Waals surface area contributed by atoms with Gasteiger partial charge in [0.1, 0.15) is 0 Å². The van der Waals surface area contributed by atoms with Crippen LogP contribution in [0.2, 0.25) is 0 Å². The summed E-state index contributed by atoms with van der Waals surface area (Å²) < 4.78 is 6.56. The van der Waals surface area contributed by atoms with E-state index in [1.165, 1.54) is 5.56 Å². The van der Waals surface area contributed by atoms with Gasteiger partial charge in [0.25, 0.3) is 0 Å². The Kier molecular flexibility index (Phi) is 4.40. The van der Waals surface area contributed by atoms with Gasteiger partial charge in [-0.2, -0.15) is 5.10 Å². The van der Waals surface area contributed by atoms with Crippen LogP contribution >= 0.6 is 0 Å². The van der Waals surface area contributed by atoms with E-state index in [0.29, 0.717) is 18.8 Å². The normalized spacial score (nSPS) is 10.5. The first kappa shape index (κ1) is 14.1. The van der Waals surface area contributed by atoms with Gasteiger partial charge in [0, 0.05) is 6.20 Å². The molecule has 106 valence electrons. The van der Waals surface area contributed by atoms with Crippen LogP contribution < -0.4 is 5.73 Å². The van der Waals surface area contributed by atoms with E-state index < -0.39 is 5.97 Å². The molecule has 0 atom stereocenters. The van der Waals surface area contributed by atoms with Crippen molar-refractivity contribution in [3.63, 3.8) is 0 Å². The molecule has 0 aliphatic heterocycles. The molecule has 0 unspecified atom stereocenters. The Hall–Kier alpha value is -2.30. The van der Waals surface area contributed by atoms with Gasteiger partial charge in [-0.25, -0.2) is 4.79 Å². The van der Waals surface area contributed by atoms with E-state index in [0.717, 1.165) is 12.0 Å². The highest BCUT2D eigenvalue weighted by Gasteiger charge is 2.15. The number of benzene rings is 1. The molecule has 0 saturated carbocycles. The van der Waals surface area contributed by atoms with Crippen LogP contribution in [0.1, 0.15) is 35.5 Å². The van der Waals surface area contributed by atoms with Gasteiger partial charge in [-0.05, 0) is 24.5 Å². The van der Waals surface area contributed by atoms with E-state index in [4.69, 9.17) is 10.5 Å². The molecule has 0 spiro atoms. The van der Waals surface area contributed by atoms with Gasteiger partial charge in [-0.3, -0.25) is 4.68 Å². The van der Waals surface area contributed by atoms with Crippen LogP contribution in [0.4, 0.5) is 5.69 Å². The Morgan fingerprint density at radius 2 is 1.90 bits per heavy atom. The first-order valence-electron chi connectivity index (χ1n) is 6.71. The number of ether oxygens (including phenoxy) is 1. The standard InChI is InChI=1S/C15H19N3O2/c1-3-11-5-7-12(8-6-11)9-18-10-13(16)14(17-18)15(19)20-4-2/h5-8,10H,3-4,9,16H2,1-2H3. The third-order valence-electron chi connectivity index (χ3n) is 3.03. The zero-order valence-electron chi connectivity index (χ0n) is 11.8. The van der Waals surface area contributed by atoms with E-state index in [1.807, 2.05) is 0 Å². The Bertz CT molecular complexity index is 588. The number of aryl methyl sites for hydroxylation is 1. The highest BCUT2D eigenvalue weighted by Crippen LogP contribution is 2.13. The van der Waals surface area contributed by atoms with Crippen LogP contribution in [0.15, 0.2) is 30.5 Å². The number of nitrogens with zero attached hydrogens (tertiary/aromatic N) is 2. The second-order valence-electron chi connectivity index (χ2n) is 4.52. The molecule has 0 fully saturated rings. The molecule has 0 saturated heterocycles. The van der Waals surface area contributed by atoms with E-state index in [9.17, 15) is 4.79 Å². The van der Waals surface area contributed by atoms with Crippen molar-refractivity contribution in [2.24, 2.45) is 0 Å². The van der Waals surface area contributed by atoms with Gasteiger partial charge in [0.05, 0.1) is 18.8 Å². The van der Waals surface area contributed by atoms with Crippen molar-refractivity contribution >= 4 is 11.7 Å². The zero-order valence-corrected chi connectivity index (χ0v) is 11.8. The molecule has 2 N–H and O–H groups in total. The van der Waals surface area contributed by atoms with Crippen molar-refractivity contribution < 1.29 is 9.53 Å².